The summed E-state index contributed by atoms with van der Waals surface area (Å²) in [6.07, 6.45) is 8.72. The highest BCUT2D eigenvalue weighted by molar-refractivity contribution is 9.10. The molecule has 0 unspecified atom stereocenters. The molecule has 1 saturated carbocycles. The third-order valence-electron chi connectivity index (χ3n) is 3.48. The first-order chi connectivity index (χ1) is 8.65. The van der Waals surface area contributed by atoms with Gasteiger partial charge in [-0.2, -0.15) is 11.8 Å². The van der Waals surface area contributed by atoms with Crippen LogP contribution in [-0.4, -0.2) is 28.4 Å². The first kappa shape index (κ1) is 13.9. The minimum absolute atomic E-state index is 0.0807. The minimum atomic E-state index is -0.0807. The van der Waals surface area contributed by atoms with E-state index >= 15 is 0 Å². The molecule has 0 spiro atoms. The standard InChI is InChI=1S/C13H17BrN2OS/c1-18-13(6-2-3-7-13)9-16-12(17)11-5-4-10(14)8-15-11/h4-5,8H,2-3,6-7,9H2,1H3,(H,16,17). The lowest BCUT2D eigenvalue weighted by Crippen LogP contribution is -2.38. The zero-order chi connectivity index (χ0) is 13.0. The smallest absolute Gasteiger partial charge is 0.269 e. The highest BCUT2D eigenvalue weighted by atomic mass is 79.9. The van der Waals surface area contributed by atoms with Crippen molar-refractivity contribution in [3.63, 3.8) is 0 Å². The lowest BCUT2D eigenvalue weighted by Gasteiger charge is -2.26. The monoisotopic (exact) mass is 328 g/mol. The van der Waals surface area contributed by atoms with Crippen molar-refractivity contribution in [3.05, 3.63) is 28.5 Å². The van der Waals surface area contributed by atoms with Crippen molar-refractivity contribution in [2.75, 3.05) is 12.8 Å². The van der Waals surface area contributed by atoms with Gasteiger partial charge in [-0.05, 0) is 47.2 Å². The lowest BCUT2D eigenvalue weighted by atomic mass is 10.1. The molecule has 1 aliphatic carbocycles. The number of hydrogen-bond acceptors (Lipinski definition) is 3. The number of carbonyl (C=O) groups is 1. The molecule has 98 valence electrons. The van der Waals surface area contributed by atoms with E-state index in [0.29, 0.717) is 5.69 Å². The molecule has 2 rings (SSSR count). The van der Waals surface area contributed by atoms with E-state index in [4.69, 9.17) is 0 Å². The summed E-state index contributed by atoms with van der Waals surface area (Å²) in [5, 5.41) is 3.01. The molecule has 18 heavy (non-hydrogen) atoms. The predicted octanol–water partition coefficient (Wildman–Crippen LogP) is 3.25. The predicted molar refractivity (Wildman–Crippen MR) is 79.0 cm³/mol. The summed E-state index contributed by atoms with van der Waals surface area (Å²) in [5.41, 5.74) is 0.479. The van der Waals surface area contributed by atoms with Crippen molar-refractivity contribution >= 4 is 33.6 Å². The number of nitrogens with zero attached hydrogens (tertiary/aromatic N) is 1. The first-order valence-corrected chi connectivity index (χ1v) is 8.12. The van der Waals surface area contributed by atoms with Crippen LogP contribution in [0.1, 0.15) is 36.2 Å². The maximum atomic E-state index is 12.0. The Bertz CT molecular complexity index is 416. The molecule has 5 heteroatoms. The van der Waals surface area contributed by atoms with E-state index in [1.54, 1.807) is 12.3 Å². The number of rotatable bonds is 4. The van der Waals surface area contributed by atoms with Crippen LogP contribution in [0.3, 0.4) is 0 Å². The average molecular weight is 329 g/mol. The lowest BCUT2D eigenvalue weighted by molar-refractivity contribution is 0.0944. The first-order valence-electron chi connectivity index (χ1n) is 6.10. The topological polar surface area (TPSA) is 42.0 Å². The number of hydrogen-bond donors (Lipinski definition) is 1. The number of carbonyl (C=O) groups excluding carboxylic acids is 1. The van der Waals surface area contributed by atoms with E-state index in [1.807, 2.05) is 17.8 Å². The molecule has 1 amide bonds. The average Bonchev–Trinajstić information content (AvgIpc) is 2.86. The van der Waals surface area contributed by atoms with Crippen LogP contribution in [0.4, 0.5) is 0 Å². The fourth-order valence-corrected chi connectivity index (χ4v) is 3.46. The number of nitrogens with one attached hydrogen (secondary N) is 1. The fraction of sp³-hybridized carbons (Fsp3) is 0.538. The number of halogens is 1. The van der Waals surface area contributed by atoms with Crippen molar-refractivity contribution < 1.29 is 4.79 Å². The van der Waals surface area contributed by atoms with Gasteiger partial charge in [-0.15, -0.1) is 0 Å². The summed E-state index contributed by atoms with van der Waals surface area (Å²) in [7, 11) is 0. The second-order valence-electron chi connectivity index (χ2n) is 4.64. The van der Waals surface area contributed by atoms with Gasteiger partial charge in [-0.1, -0.05) is 12.8 Å². The zero-order valence-electron chi connectivity index (χ0n) is 10.4. The Kier molecular flexibility index (Phi) is 4.67. The van der Waals surface area contributed by atoms with Gasteiger partial charge in [0.05, 0.1) is 0 Å². The second kappa shape index (κ2) is 6.06. The van der Waals surface area contributed by atoms with Crippen molar-refractivity contribution in [2.45, 2.75) is 30.4 Å². The summed E-state index contributed by atoms with van der Waals surface area (Å²) in [4.78, 5) is 16.1. The van der Waals surface area contributed by atoms with E-state index in [2.05, 4.69) is 32.5 Å². The van der Waals surface area contributed by atoms with Gasteiger partial charge >= 0.3 is 0 Å². The molecule has 0 aromatic carbocycles. The van der Waals surface area contributed by atoms with E-state index in [1.165, 1.54) is 25.7 Å². The van der Waals surface area contributed by atoms with Gasteiger partial charge in [0.1, 0.15) is 5.69 Å². The summed E-state index contributed by atoms with van der Waals surface area (Å²) >= 11 is 5.19. The molecular weight excluding hydrogens is 312 g/mol. The van der Waals surface area contributed by atoms with Gasteiger partial charge in [0, 0.05) is 22.0 Å². The van der Waals surface area contributed by atoms with Gasteiger partial charge in [0.2, 0.25) is 0 Å². The molecule has 0 atom stereocenters. The van der Waals surface area contributed by atoms with E-state index in [9.17, 15) is 4.79 Å². The SMILES string of the molecule is CSC1(CNC(=O)c2ccc(Br)cn2)CCCC1. The molecule has 1 N–H and O–H groups in total. The zero-order valence-corrected chi connectivity index (χ0v) is 12.8. The molecule has 1 fully saturated rings. The van der Waals surface area contributed by atoms with E-state index in [0.717, 1.165) is 11.0 Å². The molecule has 0 radical (unpaired) electrons. The van der Waals surface area contributed by atoms with Gasteiger partial charge in [0.15, 0.2) is 0 Å². The van der Waals surface area contributed by atoms with Crippen molar-refractivity contribution in [2.24, 2.45) is 0 Å². The minimum Gasteiger partial charge on any atom is -0.349 e. The summed E-state index contributed by atoms with van der Waals surface area (Å²) in [6, 6.07) is 3.57. The van der Waals surface area contributed by atoms with Crippen LogP contribution in [0.5, 0.6) is 0 Å². The number of aromatic nitrogens is 1. The fourth-order valence-electron chi connectivity index (χ4n) is 2.31. The Morgan fingerprint density at radius 3 is 2.78 bits per heavy atom. The molecule has 3 nitrogen and oxygen atoms in total. The number of amides is 1. The molecule has 1 aliphatic rings. The van der Waals surface area contributed by atoms with Gasteiger partial charge in [-0.25, -0.2) is 4.98 Å². The van der Waals surface area contributed by atoms with Gasteiger partial charge in [-0.3, -0.25) is 4.79 Å². The van der Waals surface area contributed by atoms with E-state index in [-0.39, 0.29) is 10.7 Å². The van der Waals surface area contributed by atoms with Crippen LogP contribution in [0, 0.1) is 0 Å². The Labute approximate surface area is 120 Å². The largest absolute Gasteiger partial charge is 0.349 e. The summed E-state index contributed by atoms with van der Waals surface area (Å²) in [6.45, 7) is 0.741. The second-order valence-corrected chi connectivity index (χ2v) is 6.83. The molecule has 0 aliphatic heterocycles. The van der Waals surface area contributed by atoms with Crippen LogP contribution in [0.2, 0.25) is 0 Å². The Hall–Kier alpha value is -0.550. The number of pyridine rings is 1. The van der Waals surface area contributed by atoms with Crippen molar-refractivity contribution in [1.29, 1.82) is 0 Å². The Balaban J connectivity index is 1.93. The van der Waals surface area contributed by atoms with E-state index < -0.39 is 0 Å². The third-order valence-corrected chi connectivity index (χ3v) is 5.37. The number of thioether (sulfide) groups is 1. The molecule has 1 aromatic rings. The third kappa shape index (κ3) is 3.26. The molecule has 0 bridgehead atoms. The highest BCUT2D eigenvalue weighted by Gasteiger charge is 2.33. The Morgan fingerprint density at radius 2 is 2.22 bits per heavy atom. The summed E-state index contributed by atoms with van der Waals surface area (Å²) < 4.78 is 1.13. The Morgan fingerprint density at radius 1 is 1.50 bits per heavy atom. The normalized spacial score (nSPS) is 17.7. The van der Waals surface area contributed by atoms with Crippen molar-refractivity contribution in [1.82, 2.24) is 10.3 Å². The van der Waals surface area contributed by atoms with Crippen molar-refractivity contribution in [3.8, 4) is 0 Å². The van der Waals surface area contributed by atoms with Crippen LogP contribution < -0.4 is 5.32 Å². The summed E-state index contributed by atoms with van der Waals surface area (Å²) in [5.74, 6) is -0.0807. The van der Waals surface area contributed by atoms with Crippen LogP contribution in [-0.2, 0) is 0 Å². The van der Waals surface area contributed by atoms with Gasteiger partial charge < -0.3 is 5.32 Å². The maximum Gasteiger partial charge on any atom is 0.269 e. The highest BCUT2D eigenvalue weighted by Crippen LogP contribution is 2.39. The van der Waals surface area contributed by atoms with Crippen LogP contribution in [0.15, 0.2) is 22.8 Å². The molecule has 1 aromatic heterocycles. The van der Waals surface area contributed by atoms with Crippen LogP contribution >= 0.6 is 27.7 Å². The molecule has 1 heterocycles. The van der Waals surface area contributed by atoms with Gasteiger partial charge in [0.25, 0.3) is 5.91 Å². The maximum absolute atomic E-state index is 12.0. The molecular formula is C13H17BrN2OS. The molecule has 0 saturated heterocycles. The van der Waals surface area contributed by atoms with Crippen LogP contribution in [0.25, 0.3) is 0 Å². The quantitative estimate of drug-likeness (QED) is 0.922.